The van der Waals surface area contributed by atoms with Crippen LogP contribution in [0.1, 0.15) is 11.1 Å². The fraction of sp³-hybridized carbons (Fsp3) is 0.235. The number of halogens is 1. The van der Waals surface area contributed by atoms with Gasteiger partial charge in [0.15, 0.2) is 0 Å². The Morgan fingerprint density at radius 1 is 1.19 bits per heavy atom. The number of benzene rings is 2. The molecule has 0 atom stereocenters. The third-order valence-electron chi connectivity index (χ3n) is 3.27. The maximum atomic E-state index is 13.3. The first-order valence-electron chi connectivity index (χ1n) is 6.70. The van der Waals surface area contributed by atoms with Gasteiger partial charge in [-0.15, -0.1) is 0 Å². The second-order valence-electron chi connectivity index (χ2n) is 4.87. The summed E-state index contributed by atoms with van der Waals surface area (Å²) in [6.45, 7) is 0.525. The number of methoxy groups -OCH3 is 1. The quantitative estimate of drug-likeness (QED) is 0.846. The van der Waals surface area contributed by atoms with Gasteiger partial charge in [-0.3, -0.25) is 4.79 Å². The molecule has 0 N–H and O–H groups in total. The molecule has 0 fully saturated rings. The molecule has 1 amide bonds. The summed E-state index contributed by atoms with van der Waals surface area (Å²) >= 11 is 0. The van der Waals surface area contributed by atoms with Crippen molar-refractivity contribution < 1.29 is 13.9 Å². The van der Waals surface area contributed by atoms with Gasteiger partial charge in [0, 0.05) is 19.2 Å². The number of likely N-dealkylation sites (N-methyl/N-ethyl adjacent to an activating group) is 1. The molecule has 21 heavy (non-hydrogen) atoms. The van der Waals surface area contributed by atoms with Crippen LogP contribution in [-0.2, 0) is 17.8 Å². The maximum absolute atomic E-state index is 13.3. The summed E-state index contributed by atoms with van der Waals surface area (Å²) in [5, 5.41) is 0. The van der Waals surface area contributed by atoms with Gasteiger partial charge in [-0.05, 0) is 23.8 Å². The number of carbonyl (C=O) groups excluding carboxylic acids is 1. The van der Waals surface area contributed by atoms with E-state index in [-0.39, 0.29) is 18.1 Å². The number of amides is 1. The number of hydrogen-bond donors (Lipinski definition) is 0. The molecule has 0 heterocycles. The van der Waals surface area contributed by atoms with E-state index in [0.29, 0.717) is 17.9 Å². The Kier molecular flexibility index (Phi) is 4.93. The zero-order valence-electron chi connectivity index (χ0n) is 12.2. The molecule has 4 heteroatoms. The summed E-state index contributed by atoms with van der Waals surface area (Å²) in [6, 6.07) is 13.9. The van der Waals surface area contributed by atoms with Crippen molar-refractivity contribution in [3.8, 4) is 5.75 Å². The highest BCUT2D eigenvalue weighted by molar-refractivity contribution is 5.79. The van der Waals surface area contributed by atoms with Crippen LogP contribution >= 0.6 is 0 Å². The zero-order valence-corrected chi connectivity index (χ0v) is 12.2. The van der Waals surface area contributed by atoms with Crippen LogP contribution < -0.4 is 4.74 Å². The minimum atomic E-state index is -0.371. The molecule has 2 aromatic carbocycles. The molecule has 0 unspecified atom stereocenters. The molecular weight excluding hydrogens is 269 g/mol. The summed E-state index contributed by atoms with van der Waals surface area (Å²) < 4.78 is 18.5. The van der Waals surface area contributed by atoms with Crippen LogP contribution in [0.4, 0.5) is 4.39 Å². The van der Waals surface area contributed by atoms with E-state index >= 15 is 0 Å². The molecule has 0 radical (unpaired) electrons. The van der Waals surface area contributed by atoms with Gasteiger partial charge < -0.3 is 9.64 Å². The van der Waals surface area contributed by atoms with Crippen molar-refractivity contribution in [2.75, 3.05) is 14.2 Å². The first-order chi connectivity index (χ1) is 10.1. The van der Waals surface area contributed by atoms with Crippen LogP contribution in [0.2, 0.25) is 0 Å². The third kappa shape index (κ3) is 4.05. The van der Waals surface area contributed by atoms with Crippen LogP contribution in [0.25, 0.3) is 0 Å². The topological polar surface area (TPSA) is 29.5 Å². The maximum Gasteiger partial charge on any atom is 0.227 e. The molecule has 110 valence electrons. The Labute approximate surface area is 124 Å². The lowest BCUT2D eigenvalue weighted by Crippen LogP contribution is -2.27. The Morgan fingerprint density at radius 2 is 1.90 bits per heavy atom. The van der Waals surface area contributed by atoms with Crippen molar-refractivity contribution in [3.05, 3.63) is 65.5 Å². The SMILES string of the molecule is COc1ccc(F)cc1CC(=O)N(C)Cc1ccccc1. The Balaban J connectivity index is 2.05. The highest BCUT2D eigenvalue weighted by Crippen LogP contribution is 2.20. The van der Waals surface area contributed by atoms with Crippen LogP contribution in [0.5, 0.6) is 5.75 Å². The zero-order chi connectivity index (χ0) is 15.2. The first kappa shape index (κ1) is 15.0. The van der Waals surface area contributed by atoms with Crippen LogP contribution in [0.15, 0.2) is 48.5 Å². The summed E-state index contributed by atoms with van der Waals surface area (Å²) in [5.41, 5.74) is 1.61. The van der Waals surface area contributed by atoms with Crippen molar-refractivity contribution in [1.29, 1.82) is 0 Å². The summed E-state index contributed by atoms with van der Waals surface area (Å²) in [4.78, 5) is 13.9. The standard InChI is InChI=1S/C17H18FNO2/c1-19(12-13-6-4-3-5-7-13)17(20)11-14-10-15(18)8-9-16(14)21-2/h3-10H,11-12H2,1-2H3. The highest BCUT2D eigenvalue weighted by atomic mass is 19.1. The third-order valence-corrected chi connectivity index (χ3v) is 3.27. The monoisotopic (exact) mass is 287 g/mol. The number of hydrogen-bond acceptors (Lipinski definition) is 2. The van der Waals surface area contributed by atoms with Crippen molar-refractivity contribution in [2.45, 2.75) is 13.0 Å². The van der Waals surface area contributed by atoms with Crippen LogP contribution in [0, 0.1) is 5.82 Å². The Morgan fingerprint density at radius 3 is 2.57 bits per heavy atom. The minimum Gasteiger partial charge on any atom is -0.496 e. The van der Waals surface area contributed by atoms with Crippen molar-refractivity contribution in [2.24, 2.45) is 0 Å². The smallest absolute Gasteiger partial charge is 0.227 e. The van der Waals surface area contributed by atoms with E-state index in [1.165, 1.54) is 25.3 Å². The van der Waals surface area contributed by atoms with Crippen molar-refractivity contribution in [1.82, 2.24) is 4.90 Å². The van der Waals surface area contributed by atoms with Crippen LogP contribution in [-0.4, -0.2) is 25.0 Å². The molecule has 0 aliphatic carbocycles. The number of nitrogens with zero attached hydrogens (tertiary/aromatic N) is 1. The van der Waals surface area contributed by atoms with E-state index in [1.807, 2.05) is 30.3 Å². The molecule has 0 spiro atoms. The van der Waals surface area contributed by atoms with Crippen LogP contribution in [0.3, 0.4) is 0 Å². The lowest BCUT2D eigenvalue weighted by atomic mass is 10.1. The van der Waals surface area contributed by atoms with Gasteiger partial charge in [-0.2, -0.15) is 0 Å². The average Bonchev–Trinajstić information content (AvgIpc) is 2.48. The molecule has 0 saturated heterocycles. The summed E-state index contributed by atoms with van der Waals surface area (Å²) in [6.07, 6.45) is 0.115. The van der Waals surface area contributed by atoms with E-state index in [0.717, 1.165) is 5.56 Å². The van der Waals surface area contributed by atoms with Gasteiger partial charge in [-0.1, -0.05) is 30.3 Å². The van der Waals surface area contributed by atoms with Gasteiger partial charge in [0.2, 0.25) is 5.91 Å². The molecule has 0 aliphatic heterocycles. The predicted octanol–water partition coefficient (Wildman–Crippen LogP) is 3.04. The van der Waals surface area contributed by atoms with E-state index < -0.39 is 0 Å². The van der Waals surface area contributed by atoms with Gasteiger partial charge in [0.1, 0.15) is 11.6 Å². The fourth-order valence-electron chi connectivity index (χ4n) is 2.13. The molecular formula is C17H18FNO2. The summed E-state index contributed by atoms with van der Waals surface area (Å²) in [5.74, 6) is 0.0740. The second-order valence-corrected chi connectivity index (χ2v) is 4.87. The molecule has 0 aliphatic rings. The van der Waals surface area contributed by atoms with Crippen molar-refractivity contribution in [3.63, 3.8) is 0 Å². The molecule has 0 aromatic heterocycles. The fourth-order valence-corrected chi connectivity index (χ4v) is 2.13. The van der Waals surface area contributed by atoms with E-state index in [4.69, 9.17) is 4.74 Å². The lowest BCUT2D eigenvalue weighted by Gasteiger charge is -2.18. The van der Waals surface area contributed by atoms with Gasteiger partial charge in [0.05, 0.1) is 13.5 Å². The first-order valence-corrected chi connectivity index (χ1v) is 6.70. The van der Waals surface area contributed by atoms with E-state index in [2.05, 4.69) is 0 Å². The highest BCUT2D eigenvalue weighted by Gasteiger charge is 2.14. The van der Waals surface area contributed by atoms with E-state index in [1.54, 1.807) is 11.9 Å². The Hall–Kier alpha value is -2.36. The largest absolute Gasteiger partial charge is 0.496 e. The minimum absolute atomic E-state index is 0.0808. The predicted molar refractivity (Wildman–Crippen MR) is 79.6 cm³/mol. The molecule has 0 saturated carbocycles. The number of carbonyl (C=O) groups is 1. The summed E-state index contributed by atoms with van der Waals surface area (Å²) in [7, 11) is 3.25. The van der Waals surface area contributed by atoms with Crippen molar-refractivity contribution >= 4 is 5.91 Å². The molecule has 2 rings (SSSR count). The number of rotatable bonds is 5. The van der Waals surface area contributed by atoms with Gasteiger partial charge >= 0.3 is 0 Å². The molecule has 2 aromatic rings. The average molecular weight is 287 g/mol. The van der Waals surface area contributed by atoms with Gasteiger partial charge in [0.25, 0.3) is 0 Å². The Bertz CT molecular complexity index is 613. The van der Waals surface area contributed by atoms with Gasteiger partial charge in [-0.25, -0.2) is 4.39 Å². The number of ether oxygens (including phenoxy) is 1. The molecule has 3 nitrogen and oxygen atoms in total. The second kappa shape index (κ2) is 6.88. The molecule has 0 bridgehead atoms. The normalized spacial score (nSPS) is 10.2. The van der Waals surface area contributed by atoms with E-state index in [9.17, 15) is 9.18 Å². The lowest BCUT2D eigenvalue weighted by molar-refractivity contribution is -0.129.